The lowest BCUT2D eigenvalue weighted by Gasteiger charge is -2.09. The van der Waals surface area contributed by atoms with Crippen LogP contribution in [-0.2, 0) is 0 Å². The highest BCUT2D eigenvalue weighted by molar-refractivity contribution is 6.03. The molecule has 0 saturated heterocycles. The Bertz CT molecular complexity index is 930. The molecule has 1 heterocycles. The number of hydrogen-bond donors (Lipinski definition) is 2. The zero-order valence-electron chi connectivity index (χ0n) is 13.3. The molecule has 126 valence electrons. The summed E-state index contributed by atoms with van der Waals surface area (Å²) in [6, 6.07) is 13.1. The summed E-state index contributed by atoms with van der Waals surface area (Å²) in [6.45, 7) is 1.69. The van der Waals surface area contributed by atoms with Crippen LogP contribution in [0.25, 0.3) is 0 Å². The topological polar surface area (TPSA) is 66.9 Å². The molecule has 0 unspecified atom stereocenters. The molecular weight excluding hydrogens is 326 g/mol. The normalized spacial score (nSPS) is 10.4. The summed E-state index contributed by atoms with van der Waals surface area (Å²) in [5, 5.41) is 5.30. The van der Waals surface area contributed by atoms with E-state index >= 15 is 0 Å². The molecule has 0 bridgehead atoms. The third kappa shape index (κ3) is 4.14. The summed E-state index contributed by atoms with van der Waals surface area (Å²) in [6.07, 6.45) is 0. The minimum absolute atomic E-state index is 0.0793. The highest BCUT2D eigenvalue weighted by Gasteiger charge is 2.12. The quantitative estimate of drug-likeness (QED) is 0.752. The van der Waals surface area contributed by atoms with Crippen LogP contribution < -0.4 is 10.6 Å². The number of hydrogen-bond acceptors (Lipinski definition) is 4. The van der Waals surface area contributed by atoms with Gasteiger partial charge in [-0.05, 0) is 43.3 Å². The monoisotopic (exact) mass is 340 g/mol. The number of halogens is 2. The number of carbonyl (C=O) groups is 1. The van der Waals surface area contributed by atoms with E-state index in [1.807, 2.05) is 0 Å². The summed E-state index contributed by atoms with van der Waals surface area (Å²) in [4.78, 5) is 20.6. The van der Waals surface area contributed by atoms with Crippen LogP contribution in [0.15, 0.2) is 54.6 Å². The van der Waals surface area contributed by atoms with Crippen molar-refractivity contribution < 1.29 is 13.6 Å². The maximum atomic E-state index is 13.7. The van der Waals surface area contributed by atoms with Gasteiger partial charge in [-0.3, -0.25) is 4.79 Å². The Hall–Kier alpha value is -3.35. The Balaban J connectivity index is 1.83. The van der Waals surface area contributed by atoms with E-state index in [9.17, 15) is 13.6 Å². The van der Waals surface area contributed by atoms with E-state index in [0.29, 0.717) is 11.4 Å². The van der Waals surface area contributed by atoms with Crippen molar-refractivity contribution in [3.05, 3.63) is 77.6 Å². The fourth-order valence-corrected chi connectivity index (χ4v) is 2.19. The second-order valence-electron chi connectivity index (χ2n) is 5.29. The summed E-state index contributed by atoms with van der Waals surface area (Å²) < 4.78 is 26.9. The van der Waals surface area contributed by atoms with Crippen molar-refractivity contribution in [2.24, 2.45) is 0 Å². The fraction of sp³-hybridized carbons (Fsp3) is 0.0556. The number of benzene rings is 2. The molecule has 5 nitrogen and oxygen atoms in total. The first-order valence-corrected chi connectivity index (χ1v) is 7.45. The average molecular weight is 340 g/mol. The lowest BCUT2D eigenvalue weighted by molar-refractivity contribution is 0.102. The number of rotatable bonds is 4. The molecule has 0 aliphatic carbocycles. The molecule has 0 saturated carbocycles. The highest BCUT2D eigenvalue weighted by Crippen LogP contribution is 2.18. The summed E-state index contributed by atoms with van der Waals surface area (Å²) >= 11 is 0. The molecule has 2 N–H and O–H groups in total. The maximum Gasteiger partial charge on any atom is 0.274 e. The van der Waals surface area contributed by atoms with Crippen molar-refractivity contribution in [3.8, 4) is 0 Å². The lowest BCUT2D eigenvalue weighted by Crippen LogP contribution is -2.15. The second-order valence-corrected chi connectivity index (χ2v) is 5.29. The molecule has 7 heteroatoms. The summed E-state index contributed by atoms with van der Waals surface area (Å²) in [7, 11) is 0. The smallest absolute Gasteiger partial charge is 0.274 e. The molecule has 0 spiro atoms. The predicted molar refractivity (Wildman–Crippen MR) is 90.8 cm³/mol. The van der Waals surface area contributed by atoms with Gasteiger partial charge >= 0.3 is 0 Å². The van der Waals surface area contributed by atoms with Crippen molar-refractivity contribution in [1.29, 1.82) is 0 Å². The van der Waals surface area contributed by atoms with Crippen LogP contribution >= 0.6 is 0 Å². The number of aromatic nitrogens is 2. The number of anilines is 3. The van der Waals surface area contributed by atoms with E-state index in [0.717, 1.165) is 0 Å². The first-order chi connectivity index (χ1) is 12.0. The van der Waals surface area contributed by atoms with E-state index in [1.165, 1.54) is 36.4 Å². The molecule has 0 fully saturated rings. The fourth-order valence-electron chi connectivity index (χ4n) is 2.19. The molecule has 0 radical (unpaired) electrons. The molecule has 2 aromatic carbocycles. The molecule has 1 aromatic heterocycles. The van der Waals surface area contributed by atoms with E-state index in [4.69, 9.17) is 0 Å². The van der Waals surface area contributed by atoms with Crippen LogP contribution in [0.1, 0.15) is 16.2 Å². The predicted octanol–water partition coefficient (Wildman–Crippen LogP) is 4.06. The van der Waals surface area contributed by atoms with Crippen molar-refractivity contribution in [3.63, 3.8) is 0 Å². The number of para-hydroxylation sites is 1. The van der Waals surface area contributed by atoms with E-state index in [1.54, 1.807) is 25.1 Å². The first-order valence-electron chi connectivity index (χ1n) is 7.45. The number of nitrogens with zero attached hydrogens (tertiary/aromatic N) is 2. The SMILES string of the molecule is Cc1cc(C(=O)Nc2cccc(F)c2)nc(Nc2ccccc2F)n1. The third-order valence-electron chi connectivity index (χ3n) is 3.29. The molecule has 3 aromatic rings. The molecule has 0 aliphatic heterocycles. The largest absolute Gasteiger partial charge is 0.322 e. The van der Waals surface area contributed by atoms with Gasteiger partial charge in [0.05, 0.1) is 5.69 Å². The standard InChI is InChI=1S/C18H14F2N4O/c1-11-9-16(17(25)22-13-6-4-5-12(19)10-13)24-18(21-11)23-15-8-3-2-7-14(15)20/h2-10H,1H3,(H,22,25)(H,21,23,24). The second kappa shape index (κ2) is 7.04. The van der Waals surface area contributed by atoms with Crippen molar-refractivity contribution in [2.75, 3.05) is 10.6 Å². The van der Waals surface area contributed by atoms with Crippen LogP contribution in [0.2, 0.25) is 0 Å². The van der Waals surface area contributed by atoms with Crippen LogP contribution in [0.5, 0.6) is 0 Å². The van der Waals surface area contributed by atoms with Crippen LogP contribution in [0, 0.1) is 18.6 Å². The maximum absolute atomic E-state index is 13.7. The van der Waals surface area contributed by atoms with Crippen molar-refractivity contribution >= 4 is 23.2 Å². The minimum Gasteiger partial charge on any atom is -0.322 e. The van der Waals surface area contributed by atoms with E-state index in [-0.39, 0.29) is 17.3 Å². The van der Waals surface area contributed by atoms with Gasteiger partial charge in [-0.2, -0.15) is 0 Å². The average Bonchev–Trinajstić information content (AvgIpc) is 2.56. The zero-order chi connectivity index (χ0) is 17.8. The summed E-state index contributed by atoms with van der Waals surface area (Å²) in [5.74, 6) is -1.35. The Kier molecular flexibility index (Phi) is 4.65. The van der Waals surface area contributed by atoms with Crippen molar-refractivity contribution in [1.82, 2.24) is 9.97 Å². The molecule has 0 aliphatic rings. The van der Waals surface area contributed by atoms with Crippen molar-refractivity contribution in [2.45, 2.75) is 6.92 Å². The number of amides is 1. The molecular formula is C18H14F2N4O. The van der Waals surface area contributed by atoms with Crippen LogP contribution in [-0.4, -0.2) is 15.9 Å². The first kappa shape index (κ1) is 16.5. The lowest BCUT2D eigenvalue weighted by atomic mass is 10.2. The zero-order valence-corrected chi connectivity index (χ0v) is 13.3. The van der Waals surface area contributed by atoms with Gasteiger partial charge in [-0.25, -0.2) is 18.7 Å². The van der Waals surface area contributed by atoms with Gasteiger partial charge in [0.25, 0.3) is 5.91 Å². The number of carbonyl (C=O) groups excluding carboxylic acids is 1. The van der Waals surface area contributed by atoms with Gasteiger partial charge in [-0.1, -0.05) is 18.2 Å². The molecule has 3 rings (SSSR count). The van der Waals surface area contributed by atoms with Gasteiger partial charge < -0.3 is 10.6 Å². The minimum atomic E-state index is -0.521. The van der Waals surface area contributed by atoms with Crippen LogP contribution in [0.3, 0.4) is 0 Å². The summed E-state index contributed by atoms with van der Waals surface area (Å²) in [5.41, 5.74) is 1.11. The van der Waals surface area contributed by atoms with E-state index in [2.05, 4.69) is 20.6 Å². The van der Waals surface area contributed by atoms with Gasteiger partial charge in [0.2, 0.25) is 5.95 Å². The number of aryl methyl sites for hydroxylation is 1. The molecule has 25 heavy (non-hydrogen) atoms. The van der Waals surface area contributed by atoms with E-state index < -0.39 is 17.5 Å². The van der Waals surface area contributed by atoms with Gasteiger partial charge in [0.1, 0.15) is 17.3 Å². The van der Waals surface area contributed by atoms with Gasteiger partial charge in [-0.15, -0.1) is 0 Å². The Morgan fingerprint density at radius 1 is 1.00 bits per heavy atom. The third-order valence-corrected chi connectivity index (χ3v) is 3.29. The molecule has 1 amide bonds. The van der Waals surface area contributed by atoms with Gasteiger partial charge in [0.15, 0.2) is 0 Å². The van der Waals surface area contributed by atoms with Gasteiger partial charge in [0, 0.05) is 11.4 Å². The Labute approximate surface area is 142 Å². The Morgan fingerprint density at radius 2 is 1.80 bits per heavy atom. The van der Waals surface area contributed by atoms with Crippen LogP contribution in [0.4, 0.5) is 26.1 Å². The molecule has 0 atom stereocenters. The highest BCUT2D eigenvalue weighted by atomic mass is 19.1. The Morgan fingerprint density at radius 3 is 2.56 bits per heavy atom. The number of nitrogens with one attached hydrogen (secondary N) is 2.